The van der Waals surface area contributed by atoms with Crippen LogP contribution in [0.3, 0.4) is 0 Å². The van der Waals surface area contributed by atoms with Gasteiger partial charge in [-0.05, 0) is 12.1 Å². The zero-order chi connectivity index (χ0) is 10.0. The van der Waals surface area contributed by atoms with Gasteiger partial charge >= 0.3 is 6.61 Å². The highest BCUT2D eigenvalue weighted by Crippen LogP contribution is 2.27. The van der Waals surface area contributed by atoms with Crippen LogP contribution >= 0.6 is 11.6 Å². The molecule has 1 rings (SSSR count). The van der Waals surface area contributed by atoms with Gasteiger partial charge in [-0.2, -0.15) is 8.78 Å². The van der Waals surface area contributed by atoms with Gasteiger partial charge < -0.3 is 4.74 Å². The summed E-state index contributed by atoms with van der Waals surface area (Å²) in [6.07, 6.45) is 0. The van der Waals surface area contributed by atoms with E-state index in [1.807, 2.05) is 0 Å². The van der Waals surface area contributed by atoms with Gasteiger partial charge in [-0.3, -0.25) is 0 Å². The van der Waals surface area contributed by atoms with E-state index in [1.165, 1.54) is 0 Å². The minimum atomic E-state index is -3.17. The Balaban J connectivity index is 3.04. The van der Waals surface area contributed by atoms with Crippen LogP contribution in [0.4, 0.5) is 17.6 Å². The summed E-state index contributed by atoms with van der Waals surface area (Å²) < 4.78 is 52.2. The van der Waals surface area contributed by atoms with E-state index in [0.717, 1.165) is 12.1 Å². The average molecular weight is 215 g/mol. The molecule has 0 radical (unpaired) electrons. The first-order valence-electron chi connectivity index (χ1n) is 3.10. The van der Waals surface area contributed by atoms with Gasteiger partial charge in [-0.15, -0.1) is 0 Å². The standard InChI is InChI=1S/C7H3ClF4O/c8-5-3(9)1-2-4(6(5)10)13-7(11)12/h1-2,7H. The lowest BCUT2D eigenvalue weighted by atomic mass is 10.3. The Morgan fingerprint density at radius 2 is 1.85 bits per heavy atom. The van der Waals surface area contributed by atoms with E-state index in [1.54, 1.807) is 0 Å². The number of halogens is 5. The second-order valence-corrected chi connectivity index (χ2v) is 2.43. The number of hydrogen-bond donors (Lipinski definition) is 0. The molecule has 6 heteroatoms. The second-order valence-electron chi connectivity index (χ2n) is 2.05. The number of ether oxygens (including phenoxy) is 1. The van der Waals surface area contributed by atoms with Crippen molar-refractivity contribution < 1.29 is 22.3 Å². The first-order valence-corrected chi connectivity index (χ1v) is 3.48. The van der Waals surface area contributed by atoms with Gasteiger partial charge in [0.25, 0.3) is 0 Å². The smallest absolute Gasteiger partial charge is 0.387 e. The van der Waals surface area contributed by atoms with Gasteiger partial charge in [-0.1, -0.05) is 11.6 Å². The maximum atomic E-state index is 12.8. The van der Waals surface area contributed by atoms with Crippen LogP contribution in [0.5, 0.6) is 5.75 Å². The minimum Gasteiger partial charge on any atom is -0.432 e. The molecule has 0 N–H and O–H groups in total. The molecule has 0 fully saturated rings. The molecule has 0 unspecified atom stereocenters. The van der Waals surface area contributed by atoms with E-state index in [4.69, 9.17) is 11.6 Å². The Labute approximate surface area is 75.9 Å². The first kappa shape index (κ1) is 10.1. The van der Waals surface area contributed by atoms with Crippen molar-refractivity contribution in [3.8, 4) is 5.75 Å². The molecular formula is C7H3ClF4O. The Morgan fingerprint density at radius 1 is 1.23 bits per heavy atom. The van der Waals surface area contributed by atoms with Crippen molar-refractivity contribution >= 4 is 11.6 Å². The molecule has 0 aliphatic rings. The normalized spacial score (nSPS) is 10.6. The minimum absolute atomic E-state index is 0.739. The second kappa shape index (κ2) is 3.83. The Kier molecular flexibility index (Phi) is 2.98. The fourth-order valence-corrected chi connectivity index (χ4v) is 0.851. The Bertz CT molecular complexity index is 316. The van der Waals surface area contributed by atoms with Crippen LogP contribution in [-0.4, -0.2) is 6.61 Å². The van der Waals surface area contributed by atoms with Crippen molar-refractivity contribution in [2.45, 2.75) is 6.61 Å². The molecule has 0 spiro atoms. The quantitative estimate of drug-likeness (QED) is 0.543. The maximum Gasteiger partial charge on any atom is 0.387 e. The predicted molar refractivity (Wildman–Crippen MR) is 38.0 cm³/mol. The van der Waals surface area contributed by atoms with Crippen molar-refractivity contribution in [2.75, 3.05) is 0 Å². The molecule has 0 atom stereocenters. The van der Waals surface area contributed by atoms with E-state index in [0.29, 0.717) is 0 Å². The summed E-state index contributed by atoms with van der Waals surface area (Å²) in [6, 6.07) is 1.48. The number of rotatable bonds is 2. The number of hydrogen-bond acceptors (Lipinski definition) is 1. The molecule has 0 amide bonds. The molecule has 0 saturated carbocycles. The summed E-state index contributed by atoms with van der Waals surface area (Å²) in [7, 11) is 0. The molecule has 1 nitrogen and oxygen atoms in total. The monoisotopic (exact) mass is 214 g/mol. The van der Waals surface area contributed by atoms with Crippen LogP contribution in [0.2, 0.25) is 5.02 Å². The van der Waals surface area contributed by atoms with Crippen LogP contribution < -0.4 is 4.74 Å². The van der Waals surface area contributed by atoms with Crippen molar-refractivity contribution in [2.24, 2.45) is 0 Å². The van der Waals surface area contributed by atoms with Gasteiger partial charge in [0.1, 0.15) is 10.8 Å². The fourth-order valence-electron chi connectivity index (χ4n) is 0.695. The molecule has 0 saturated heterocycles. The molecule has 1 aromatic carbocycles. The first-order chi connectivity index (χ1) is 6.02. The third-order valence-corrected chi connectivity index (χ3v) is 1.56. The van der Waals surface area contributed by atoms with Crippen LogP contribution in [0, 0.1) is 11.6 Å². The van der Waals surface area contributed by atoms with E-state index in [9.17, 15) is 17.6 Å². The summed E-state index contributed by atoms with van der Waals surface area (Å²) in [5.41, 5.74) is 0. The van der Waals surface area contributed by atoms with Crippen molar-refractivity contribution in [3.05, 3.63) is 28.8 Å². The molecule has 0 aromatic heterocycles. The van der Waals surface area contributed by atoms with Gasteiger partial charge in [0.15, 0.2) is 11.6 Å². The lowest BCUT2D eigenvalue weighted by Crippen LogP contribution is -2.04. The number of benzene rings is 1. The zero-order valence-electron chi connectivity index (χ0n) is 6.03. The SMILES string of the molecule is Fc1ccc(OC(F)F)c(F)c1Cl. The lowest BCUT2D eigenvalue weighted by molar-refractivity contribution is -0.0522. The van der Waals surface area contributed by atoms with E-state index in [-0.39, 0.29) is 0 Å². The fraction of sp³-hybridized carbons (Fsp3) is 0.143. The van der Waals surface area contributed by atoms with E-state index < -0.39 is 29.0 Å². The molecular weight excluding hydrogens is 212 g/mol. The summed E-state index contributed by atoms with van der Waals surface area (Å²) in [6.45, 7) is -3.17. The van der Waals surface area contributed by atoms with Crippen LogP contribution in [-0.2, 0) is 0 Å². The zero-order valence-corrected chi connectivity index (χ0v) is 6.79. The third-order valence-electron chi connectivity index (χ3n) is 1.22. The van der Waals surface area contributed by atoms with E-state index in [2.05, 4.69) is 4.74 Å². The van der Waals surface area contributed by atoms with Crippen LogP contribution in [0.1, 0.15) is 0 Å². The van der Waals surface area contributed by atoms with Crippen molar-refractivity contribution in [3.63, 3.8) is 0 Å². The molecule has 72 valence electrons. The average Bonchev–Trinajstić information content (AvgIpc) is 2.06. The molecule has 1 aromatic rings. The summed E-state index contributed by atoms with van der Waals surface area (Å²) in [4.78, 5) is 0. The topological polar surface area (TPSA) is 9.23 Å². The summed E-state index contributed by atoms with van der Waals surface area (Å²) >= 11 is 5.09. The maximum absolute atomic E-state index is 12.8. The highest BCUT2D eigenvalue weighted by molar-refractivity contribution is 6.31. The predicted octanol–water partition coefficient (Wildman–Crippen LogP) is 3.22. The summed E-state index contributed by atoms with van der Waals surface area (Å²) in [5, 5.41) is -0.863. The summed E-state index contributed by atoms with van der Waals surface area (Å²) in [5.74, 6) is -3.14. The third kappa shape index (κ3) is 2.24. The Hall–Kier alpha value is -0.970. The van der Waals surface area contributed by atoms with Gasteiger partial charge in [0.2, 0.25) is 0 Å². The molecule has 0 bridgehead atoms. The van der Waals surface area contributed by atoms with Gasteiger partial charge in [-0.25, -0.2) is 8.78 Å². The molecule has 0 aliphatic carbocycles. The van der Waals surface area contributed by atoms with Crippen molar-refractivity contribution in [1.82, 2.24) is 0 Å². The molecule has 13 heavy (non-hydrogen) atoms. The Morgan fingerprint density at radius 3 is 2.38 bits per heavy atom. The highest BCUT2D eigenvalue weighted by atomic mass is 35.5. The van der Waals surface area contributed by atoms with Crippen molar-refractivity contribution in [1.29, 1.82) is 0 Å². The molecule has 0 heterocycles. The van der Waals surface area contributed by atoms with Crippen LogP contribution in [0.25, 0.3) is 0 Å². The van der Waals surface area contributed by atoms with Gasteiger partial charge in [0, 0.05) is 0 Å². The largest absolute Gasteiger partial charge is 0.432 e. The molecule has 0 aliphatic heterocycles. The lowest BCUT2D eigenvalue weighted by Gasteiger charge is -2.06. The van der Waals surface area contributed by atoms with Crippen LogP contribution in [0.15, 0.2) is 12.1 Å². The number of alkyl halides is 2. The van der Waals surface area contributed by atoms with E-state index >= 15 is 0 Å². The van der Waals surface area contributed by atoms with Gasteiger partial charge in [0.05, 0.1) is 0 Å². The highest BCUT2D eigenvalue weighted by Gasteiger charge is 2.15.